The molecule has 2 rings (SSSR count). The van der Waals surface area contributed by atoms with E-state index in [9.17, 15) is 22.8 Å². The topological polar surface area (TPSA) is 78.4 Å². The van der Waals surface area contributed by atoms with Crippen molar-refractivity contribution in [1.82, 2.24) is 5.32 Å². The average Bonchev–Trinajstić information content (AvgIpc) is 2.84. The molecule has 2 amide bonds. The summed E-state index contributed by atoms with van der Waals surface area (Å²) in [5, 5.41) is 13.2. The number of rotatable bonds is 3. The number of carboxylic acids is 1. The van der Waals surface area contributed by atoms with Gasteiger partial charge < -0.3 is 15.7 Å². The summed E-state index contributed by atoms with van der Waals surface area (Å²) in [5.41, 5.74) is -0.511. The molecule has 2 unspecified atom stereocenters. The number of amides is 2. The SMILES string of the molecule is O=C(Nc1cc(F)c(F)cc1F)NC1C=CC(C(=O)O)C1. The second kappa shape index (κ2) is 5.86. The highest BCUT2D eigenvalue weighted by Gasteiger charge is 2.25. The first kappa shape index (κ1) is 14.9. The monoisotopic (exact) mass is 300 g/mol. The summed E-state index contributed by atoms with van der Waals surface area (Å²) in [7, 11) is 0. The van der Waals surface area contributed by atoms with Crippen LogP contribution in [0, 0.1) is 23.4 Å². The first-order valence-electron chi connectivity index (χ1n) is 6.00. The van der Waals surface area contributed by atoms with Crippen molar-refractivity contribution in [3.8, 4) is 0 Å². The van der Waals surface area contributed by atoms with Crippen LogP contribution in [0.5, 0.6) is 0 Å². The Hall–Kier alpha value is -2.51. The summed E-state index contributed by atoms with van der Waals surface area (Å²) < 4.78 is 39.0. The minimum Gasteiger partial charge on any atom is -0.481 e. The number of halogens is 3. The number of urea groups is 1. The minimum absolute atomic E-state index is 0.170. The fraction of sp³-hybridized carbons (Fsp3) is 0.231. The van der Waals surface area contributed by atoms with Crippen LogP contribution in [0.2, 0.25) is 0 Å². The van der Waals surface area contributed by atoms with E-state index < -0.39 is 47.1 Å². The van der Waals surface area contributed by atoms with E-state index in [1.165, 1.54) is 12.2 Å². The number of benzene rings is 1. The molecule has 0 spiro atoms. The van der Waals surface area contributed by atoms with Gasteiger partial charge in [-0.2, -0.15) is 0 Å². The van der Waals surface area contributed by atoms with Crippen molar-refractivity contribution in [2.75, 3.05) is 5.32 Å². The molecular formula is C13H11F3N2O3. The lowest BCUT2D eigenvalue weighted by Crippen LogP contribution is -2.36. The quantitative estimate of drug-likeness (QED) is 0.592. The molecule has 3 N–H and O–H groups in total. The van der Waals surface area contributed by atoms with Gasteiger partial charge in [0.1, 0.15) is 5.82 Å². The number of hydrogen-bond acceptors (Lipinski definition) is 2. The standard InChI is InChI=1S/C13H11F3N2O3/c14-8-4-10(16)11(5-9(8)15)18-13(21)17-7-2-1-6(3-7)12(19)20/h1-2,4-7H,3H2,(H,19,20)(H2,17,18,21). The highest BCUT2D eigenvalue weighted by molar-refractivity contribution is 5.89. The molecule has 0 aliphatic heterocycles. The lowest BCUT2D eigenvalue weighted by Gasteiger charge is -2.13. The molecule has 0 aromatic heterocycles. The number of hydrogen-bond donors (Lipinski definition) is 3. The van der Waals surface area contributed by atoms with Crippen LogP contribution in [-0.4, -0.2) is 23.1 Å². The van der Waals surface area contributed by atoms with Crippen molar-refractivity contribution < 1.29 is 27.9 Å². The zero-order valence-electron chi connectivity index (χ0n) is 10.6. The maximum Gasteiger partial charge on any atom is 0.319 e. The smallest absolute Gasteiger partial charge is 0.319 e. The van der Waals surface area contributed by atoms with Crippen LogP contribution in [0.15, 0.2) is 24.3 Å². The van der Waals surface area contributed by atoms with E-state index in [2.05, 4.69) is 5.32 Å². The lowest BCUT2D eigenvalue weighted by atomic mass is 10.1. The van der Waals surface area contributed by atoms with Crippen molar-refractivity contribution in [2.45, 2.75) is 12.5 Å². The van der Waals surface area contributed by atoms with Gasteiger partial charge in [-0.1, -0.05) is 12.2 Å². The summed E-state index contributed by atoms with van der Waals surface area (Å²) in [5.74, 6) is -5.48. The third kappa shape index (κ3) is 3.53. The van der Waals surface area contributed by atoms with E-state index in [0.29, 0.717) is 12.1 Å². The Kier molecular flexibility index (Phi) is 4.15. The predicted octanol–water partition coefficient (Wildman–Crippen LogP) is 2.25. The van der Waals surface area contributed by atoms with Gasteiger partial charge in [-0.05, 0) is 6.42 Å². The molecular weight excluding hydrogens is 289 g/mol. The van der Waals surface area contributed by atoms with E-state index in [1.807, 2.05) is 5.32 Å². The zero-order chi connectivity index (χ0) is 15.6. The Morgan fingerprint density at radius 3 is 2.38 bits per heavy atom. The minimum atomic E-state index is -1.36. The normalized spacial score (nSPS) is 20.3. The van der Waals surface area contributed by atoms with Crippen LogP contribution in [-0.2, 0) is 4.79 Å². The molecule has 1 aliphatic carbocycles. The number of carboxylic acid groups (broad SMARTS) is 1. The van der Waals surface area contributed by atoms with Gasteiger partial charge in [-0.15, -0.1) is 0 Å². The Labute approximate surface area is 117 Å². The molecule has 0 heterocycles. The molecule has 0 saturated carbocycles. The molecule has 2 atom stereocenters. The molecule has 0 bridgehead atoms. The third-order valence-electron chi connectivity index (χ3n) is 2.98. The molecule has 112 valence electrons. The number of nitrogens with one attached hydrogen (secondary N) is 2. The van der Waals surface area contributed by atoms with Crippen molar-refractivity contribution in [2.24, 2.45) is 5.92 Å². The van der Waals surface area contributed by atoms with Gasteiger partial charge in [-0.3, -0.25) is 4.79 Å². The van der Waals surface area contributed by atoms with E-state index in [4.69, 9.17) is 5.11 Å². The molecule has 0 saturated heterocycles. The fourth-order valence-electron chi connectivity index (χ4n) is 1.93. The van der Waals surface area contributed by atoms with Crippen LogP contribution in [0.1, 0.15) is 6.42 Å². The van der Waals surface area contributed by atoms with Gasteiger partial charge in [0, 0.05) is 12.1 Å². The number of carbonyl (C=O) groups is 2. The Bertz CT molecular complexity index is 619. The molecule has 0 fully saturated rings. The fourth-order valence-corrected chi connectivity index (χ4v) is 1.93. The summed E-state index contributed by atoms with van der Waals surface area (Å²) in [6, 6.07) is -0.532. The average molecular weight is 300 g/mol. The molecule has 1 aromatic rings. The summed E-state index contributed by atoms with van der Waals surface area (Å²) in [4.78, 5) is 22.3. The van der Waals surface area contributed by atoms with Crippen LogP contribution < -0.4 is 10.6 Å². The summed E-state index contributed by atoms with van der Waals surface area (Å²) in [6.07, 6.45) is 3.11. The lowest BCUT2D eigenvalue weighted by molar-refractivity contribution is -0.140. The largest absolute Gasteiger partial charge is 0.481 e. The Morgan fingerprint density at radius 1 is 1.10 bits per heavy atom. The van der Waals surface area contributed by atoms with E-state index in [1.54, 1.807) is 0 Å². The highest BCUT2D eigenvalue weighted by atomic mass is 19.2. The van der Waals surface area contributed by atoms with Crippen molar-refractivity contribution >= 4 is 17.7 Å². The van der Waals surface area contributed by atoms with Crippen LogP contribution >= 0.6 is 0 Å². The van der Waals surface area contributed by atoms with E-state index >= 15 is 0 Å². The number of aliphatic carboxylic acids is 1. The summed E-state index contributed by atoms with van der Waals surface area (Å²) >= 11 is 0. The maximum absolute atomic E-state index is 13.3. The summed E-state index contributed by atoms with van der Waals surface area (Å²) in [6.45, 7) is 0. The van der Waals surface area contributed by atoms with Crippen LogP contribution in [0.4, 0.5) is 23.7 Å². The van der Waals surface area contributed by atoms with Gasteiger partial charge in [0.15, 0.2) is 11.6 Å². The Balaban J connectivity index is 1.96. The van der Waals surface area contributed by atoms with Crippen molar-refractivity contribution in [3.63, 3.8) is 0 Å². The van der Waals surface area contributed by atoms with Gasteiger partial charge >= 0.3 is 12.0 Å². The zero-order valence-corrected chi connectivity index (χ0v) is 10.6. The third-order valence-corrected chi connectivity index (χ3v) is 2.98. The van der Waals surface area contributed by atoms with Crippen LogP contribution in [0.3, 0.4) is 0 Å². The van der Waals surface area contributed by atoms with Gasteiger partial charge in [-0.25, -0.2) is 18.0 Å². The van der Waals surface area contributed by atoms with E-state index in [0.717, 1.165) is 0 Å². The van der Waals surface area contributed by atoms with Gasteiger partial charge in [0.05, 0.1) is 17.6 Å². The molecule has 1 aliphatic rings. The predicted molar refractivity (Wildman–Crippen MR) is 67.1 cm³/mol. The van der Waals surface area contributed by atoms with Crippen molar-refractivity contribution in [1.29, 1.82) is 0 Å². The van der Waals surface area contributed by atoms with Crippen molar-refractivity contribution in [3.05, 3.63) is 41.7 Å². The number of anilines is 1. The van der Waals surface area contributed by atoms with Crippen LogP contribution in [0.25, 0.3) is 0 Å². The second-order valence-electron chi connectivity index (χ2n) is 4.52. The molecule has 0 radical (unpaired) electrons. The second-order valence-corrected chi connectivity index (χ2v) is 4.52. The first-order chi connectivity index (χ1) is 9.86. The highest BCUT2D eigenvalue weighted by Crippen LogP contribution is 2.20. The van der Waals surface area contributed by atoms with Gasteiger partial charge in [0.2, 0.25) is 0 Å². The van der Waals surface area contributed by atoms with Gasteiger partial charge in [0.25, 0.3) is 0 Å². The Morgan fingerprint density at radius 2 is 1.76 bits per heavy atom. The molecule has 5 nitrogen and oxygen atoms in total. The molecule has 1 aromatic carbocycles. The number of carbonyl (C=O) groups excluding carboxylic acids is 1. The van der Waals surface area contributed by atoms with E-state index in [-0.39, 0.29) is 6.42 Å². The molecule has 21 heavy (non-hydrogen) atoms. The molecule has 8 heteroatoms. The first-order valence-corrected chi connectivity index (χ1v) is 6.00. The maximum atomic E-state index is 13.3.